The lowest BCUT2D eigenvalue weighted by Gasteiger charge is -2.25. The first kappa shape index (κ1) is 47.5. The maximum atomic E-state index is 12.3. The second kappa shape index (κ2) is 21.9. The summed E-state index contributed by atoms with van der Waals surface area (Å²) in [5, 5.41) is 85.4. The fourth-order valence-electron chi connectivity index (χ4n) is 6.23. The Hall–Kier alpha value is -8.14. The van der Waals surface area contributed by atoms with Crippen molar-refractivity contribution in [2.45, 2.75) is 36.4 Å². The van der Waals surface area contributed by atoms with Crippen molar-refractivity contribution < 1.29 is 74.7 Å². The summed E-state index contributed by atoms with van der Waals surface area (Å²) >= 11 is 0. The number of aliphatic carboxylic acids is 3. The van der Waals surface area contributed by atoms with Crippen LogP contribution in [0.4, 0.5) is 0 Å². The molecular weight excluding hydrogens is 817 g/mol. The van der Waals surface area contributed by atoms with Crippen LogP contribution in [0.25, 0.3) is 0 Å². The summed E-state index contributed by atoms with van der Waals surface area (Å²) in [6, 6.07) is 38.5. The number of hydrogen-bond donors (Lipinski definition) is 9. The quantitative estimate of drug-likeness (QED) is 0.0583. The van der Waals surface area contributed by atoms with Crippen molar-refractivity contribution in [2.24, 2.45) is 0 Å². The van der Waals surface area contributed by atoms with Crippen LogP contribution in [-0.2, 0) is 47.2 Å². The minimum atomic E-state index is -2.80. The Labute approximate surface area is 359 Å². The second-order valence-corrected chi connectivity index (χ2v) is 13.9. The van der Waals surface area contributed by atoms with E-state index in [0.717, 1.165) is 0 Å². The lowest BCUT2D eigenvalue weighted by molar-refractivity contribution is -0.170. The number of carboxylic acids is 3. The number of aliphatic hydroxyl groups is 2. The average molecular weight is 859 g/mol. The molecule has 0 bridgehead atoms. The summed E-state index contributed by atoms with van der Waals surface area (Å²) in [7, 11) is 0. The SMILES string of the molecule is O=C(O)C(C(=O)Cc1ccc(O)cc1)c1ccc(O)cc1.O=C(O)C(C(=O)Cc1cccc(O)c1)c1cccc(O)c1.O=C(O)C(O)(C(=O)C(O)c1ccccc1)c1ccccc1. The highest BCUT2D eigenvalue weighted by Crippen LogP contribution is 2.30. The Morgan fingerprint density at radius 3 is 1.38 bits per heavy atom. The molecule has 63 heavy (non-hydrogen) atoms. The van der Waals surface area contributed by atoms with Gasteiger partial charge in [-0.1, -0.05) is 109 Å². The van der Waals surface area contributed by atoms with Gasteiger partial charge in [0.05, 0.1) is 0 Å². The Bertz CT molecular complexity index is 2520. The number of rotatable bonds is 15. The summed E-state index contributed by atoms with van der Waals surface area (Å²) in [5.41, 5.74) is -0.960. The van der Waals surface area contributed by atoms with Crippen molar-refractivity contribution in [1.29, 1.82) is 0 Å². The molecule has 6 rings (SSSR count). The van der Waals surface area contributed by atoms with Crippen LogP contribution in [0.1, 0.15) is 51.3 Å². The predicted octanol–water partition coefficient (Wildman–Crippen LogP) is 5.42. The van der Waals surface area contributed by atoms with E-state index < -0.39 is 58.8 Å². The smallest absolute Gasteiger partial charge is 0.348 e. The van der Waals surface area contributed by atoms with E-state index >= 15 is 0 Å². The third-order valence-corrected chi connectivity index (χ3v) is 9.39. The van der Waals surface area contributed by atoms with Gasteiger partial charge in [-0.25, -0.2) is 4.79 Å². The van der Waals surface area contributed by atoms with E-state index in [-0.39, 0.29) is 52.5 Å². The molecule has 4 unspecified atom stereocenters. The first-order valence-corrected chi connectivity index (χ1v) is 18.9. The van der Waals surface area contributed by atoms with Crippen molar-refractivity contribution >= 4 is 35.3 Å². The molecule has 0 aliphatic rings. The lowest BCUT2D eigenvalue weighted by atomic mass is 9.85. The van der Waals surface area contributed by atoms with Crippen molar-refractivity contribution in [3.05, 3.63) is 191 Å². The van der Waals surface area contributed by atoms with Crippen molar-refractivity contribution in [1.82, 2.24) is 0 Å². The molecule has 0 saturated heterocycles. The van der Waals surface area contributed by atoms with Gasteiger partial charge < -0.3 is 46.0 Å². The summed E-state index contributed by atoms with van der Waals surface area (Å²) < 4.78 is 0. The van der Waals surface area contributed by atoms with Crippen LogP contribution >= 0.6 is 0 Å². The van der Waals surface area contributed by atoms with E-state index in [1.165, 1.54) is 109 Å². The van der Waals surface area contributed by atoms with Crippen LogP contribution in [-0.4, -0.2) is 81.2 Å². The van der Waals surface area contributed by atoms with E-state index in [2.05, 4.69) is 0 Å². The van der Waals surface area contributed by atoms with Gasteiger partial charge >= 0.3 is 17.9 Å². The van der Waals surface area contributed by atoms with Gasteiger partial charge in [-0.2, -0.15) is 0 Å². The van der Waals surface area contributed by atoms with Crippen LogP contribution in [0.3, 0.4) is 0 Å². The number of phenols is 4. The van der Waals surface area contributed by atoms with E-state index in [9.17, 15) is 74.7 Å². The molecule has 9 N–H and O–H groups in total. The summed E-state index contributed by atoms with van der Waals surface area (Å²) in [6.45, 7) is 0. The zero-order valence-corrected chi connectivity index (χ0v) is 33.1. The average Bonchev–Trinajstić information content (AvgIpc) is 3.25. The molecule has 6 aromatic rings. The molecule has 0 heterocycles. The Morgan fingerprint density at radius 1 is 0.444 bits per heavy atom. The molecule has 15 nitrogen and oxygen atoms in total. The number of aliphatic hydroxyl groups excluding tert-OH is 1. The Morgan fingerprint density at radius 2 is 0.889 bits per heavy atom. The number of aromatic hydroxyl groups is 4. The molecule has 0 aromatic heterocycles. The van der Waals surface area contributed by atoms with Crippen molar-refractivity contribution in [3.8, 4) is 23.0 Å². The Balaban J connectivity index is 0.000000207. The van der Waals surface area contributed by atoms with E-state index in [0.29, 0.717) is 16.7 Å². The van der Waals surface area contributed by atoms with Gasteiger partial charge in [-0.15, -0.1) is 0 Å². The van der Waals surface area contributed by atoms with Crippen molar-refractivity contribution in [2.75, 3.05) is 0 Å². The number of benzene rings is 6. The maximum Gasteiger partial charge on any atom is 0.348 e. The minimum absolute atomic E-state index is 0.00822. The summed E-state index contributed by atoms with van der Waals surface area (Å²) in [6.07, 6.45) is -1.88. The number of phenolic OH excluding ortho intramolecular Hbond substituents is 4. The lowest BCUT2D eigenvalue weighted by Crippen LogP contribution is -2.46. The van der Waals surface area contributed by atoms with Gasteiger partial charge in [0, 0.05) is 18.4 Å². The highest BCUT2D eigenvalue weighted by molar-refractivity contribution is 6.09. The molecule has 6 aromatic carbocycles. The van der Waals surface area contributed by atoms with Gasteiger partial charge in [-0.05, 0) is 76.3 Å². The van der Waals surface area contributed by atoms with Gasteiger partial charge in [-0.3, -0.25) is 24.0 Å². The van der Waals surface area contributed by atoms with E-state index in [4.69, 9.17) is 0 Å². The maximum absolute atomic E-state index is 12.3. The van der Waals surface area contributed by atoms with E-state index in [1.807, 2.05) is 0 Å². The standard InChI is InChI=1S/3C16H14O5/c17-12-5-1-10(2-6-12)9-14(19)15(16(20)21)11-3-7-13(18)8-4-11;17-12-5-1-3-10(7-12)8-14(19)15(16(20)21)11-4-2-6-13(18)9-11;17-13(11-7-3-1-4-8-11)14(18)16(21,15(19)20)12-9-5-2-6-10-12/h1-8,15,17-18H,9H2,(H,20,21);1-7,9,15,17-18H,8H2,(H,20,21);1-10,13,17,21H,(H,19,20). The molecular formula is C48H42O15. The number of hydrogen-bond acceptors (Lipinski definition) is 12. The van der Waals surface area contributed by atoms with Crippen LogP contribution in [0, 0.1) is 0 Å². The van der Waals surface area contributed by atoms with Crippen LogP contribution in [0.5, 0.6) is 23.0 Å². The third-order valence-electron chi connectivity index (χ3n) is 9.39. The molecule has 0 fully saturated rings. The van der Waals surface area contributed by atoms with Gasteiger partial charge in [0.2, 0.25) is 11.4 Å². The second-order valence-electron chi connectivity index (χ2n) is 13.9. The number of Topliss-reactive ketones (excluding diaryl/α,β-unsaturated/α-hetero) is 3. The van der Waals surface area contributed by atoms with Crippen LogP contribution in [0.15, 0.2) is 158 Å². The number of carbonyl (C=O) groups excluding carboxylic acids is 3. The highest BCUT2D eigenvalue weighted by atomic mass is 16.4. The van der Waals surface area contributed by atoms with Gasteiger partial charge in [0.1, 0.15) is 40.9 Å². The zero-order chi connectivity index (χ0) is 46.3. The molecule has 0 aliphatic heterocycles. The summed E-state index contributed by atoms with van der Waals surface area (Å²) in [4.78, 5) is 70.9. The normalized spacial score (nSPS) is 12.9. The van der Waals surface area contributed by atoms with Gasteiger partial charge in [0.15, 0.2) is 11.6 Å². The molecule has 0 spiro atoms. The fourth-order valence-corrected chi connectivity index (χ4v) is 6.23. The summed E-state index contributed by atoms with van der Waals surface area (Å²) in [5.74, 6) is -9.02. The van der Waals surface area contributed by atoms with Crippen LogP contribution in [0.2, 0.25) is 0 Å². The van der Waals surface area contributed by atoms with E-state index in [1.54, 1.807) is 48.5 Å². The number of ketones is 3. The first-order valence-electron chi connectivity index (χ1n) is 18.9. The molecule has 0 saturated carbocycles. The predicted molar refractivity (Wildman–Crippen MR) is 225 cm³/mol. The first-order chi connectivity index (χ1) is 29.9. The molecule has 0 radical (unpaired) electrons. The molecule has 324 valence electrons. The largest absolute Gasteiger partial charge is 0.508 e. The monoisotopic (exact) mass is 858 g/mol. The van der Waals surface area contributed by atoms with Crippen LogP contribution < -0.4 is 0 Å². The highest BCUT2D eigenvalue weighted by Gasteiger charge is 2.49. The Kier molecular flexibility index (Phi) is 16.5. The third kappa shape index (κ3) is 12.9. The number of carbonyl (C=O) groups is 6. The zero-order valence-electron chi connectivity index (χ0n) is 33.1. The topological polar surface area (TPSA) is 284 Å². The molecule has 0 amide bonds. The minimum Gasteiger partial charge on any atom is -0.508 e. The molecule has 4 atom stereocenters. The molecule has 15 heteroatoms. The fraction of sp³-hybridized carbons (Fsp3) is 0.125. The number of carboxylic acid groups (broad SMARTS) is 3. The van der Waals surface area contributed by atoms with Gasteiger partial charge in [0.25, 0.3) is 0 Å². The van der Waals surface area contributed by atoms with Crippen molar-refractivity contribution in [3.63, 3.8) is 0 Å². The molecule has 0 aliphatic carbocycles.